The van der Waals surface area contributed by atoms with Gasteiger partial charge in [0, 0.05) is 15.8 Å². The van der Waals surface area contributed by atoms with Gasteiger partial charge in [0.05, 0.1) is 18.6 Å². The molecule has 0 bridgehead atoms. The molecule has 0 unspecified atom stereocenters. The van der Waals surface area contributed by atoms with Crippen molar-refractivity contribution in [2.45, 2.75) is 25.4 Å². The molecule has 2 rings (SSSR count). The highest BCUT2D eigenvalue weighted by atomic mass is 35.5. The fourth-order valence-corrected chi connectivity index (χ4v) is 3.15. The molecule has 0 saturated heterocycles. The topological polar surface area (TPSA) is 52.3 Å². The Morgan fingerprint density at radius 2 is 2.10 bits per heavy atom. The Hall–Kier alpha value is -1.33. The van der Waals surface area contributed by atoms with Crippen LogP contribution in [0.15, 0.2) is 22.6 Å². The lowest BCUT2D eigenvalue weighted by Crippen LogP contribution is -2.00. The first kappa shape index (κ1) is 15.1. The van der Waals surface area contributed by atoms with Gasteiger partial charge in [0.1, 0.15) is 17.3 Å². The molecule has 1 aromatic heterocycles. The van der Waals surface area contributed by atoms with E-state index in [1.165, 1.54) is 0 Å². The van der Waals surface area contributed by atoms with Crippen LogP contribution in [0.3, 0.4) is 0 Å². The number of hydrogen-bond acceptors (Lipinski definition) is 4. The van der Waals surface area contributed by atoms with E-state index < -0.39 is 10.8 Å². The van der Waals surface area contributed by atoms with E-state index in [0.717, 1.165) is 17.0 Å². The molecule has 0 fully saturated rings. The summed E-state index contributed by atoms with van der Waals surface area (Å²) in [5.74, 6) is 2.60. The molecule has 6 heteroatoms. The Balaban J connectivity index is 2.04. The fourth-order valence-electron chi connectivity index (χ4n) is 1.74. The van der Waals surface area contributed by atoms with Crippen LogP contribution in [0.4, 0.5) is 0 Å². The van der Waals surface area contributed by atoms with E-state index in [4.69, 9.17) is 20.8 Å². The summed E-state index contributed by atoms with van der Waals surface area (Å²) in [4.78, 5) is 4.23. The number of aryl methyl sites for hydroxylation is 2. The van der Waals surface area contributed by atoms with Crippen molar-refractivity contribution in [3.63, 3.8) is 0 Å². The van der Waals surface area contributed by atoms with Crippen molar-refractivity contribution in [3.05, 3.63) is 46.1 Å². The Bertz CT molecular complexity index is 620. The van der Waals surface area contributed by atoms with Crippen LogP contribution in [-0.4, -0.2) is 16.3 Å². The van der Waals surface area contributed by atoms with Gasteiger partial charge in [-0.15, -0.1) is 0 Å². The molecule has 0 aliphatic carbocycles. The van der Waals surface area contributed by atoms with Crippen LogP contribution >= 0.6 is 11.6 Å². The molecule has 4 nitrogen and oxygen atoms in total. The minimum atomic E-state index is -1.12. The zero-order chi connectivity index (χ0) is 14.7. The van der Waals surface area contributed by atoms with Crippen molar-refractivity contribution in [1.82, 2.24) is 4.98 Å². The number of methoxy groups -OCH3 is 1. The monoisotopic (exact) mass is 313 g/mol. The van der Waals surface area contributed by atoms with Gasteiger partial charge < -0.3 is 9.15 Å². The Kier molecular flexibility index (Phi) is 4.83. The first-order valence-electron chi connectivity index (χ1n) is 6.10. The van der Waals surface area contributed by atoms with E-state index in [9.17, 15) is 4.21 Å². The van der Waals surface area contributed by atoms with Gasteiger partial charge in [0.2, 0.25) is 5.89 Å². The van der Waals surface area contributed by atoms with Crippen molar-refractivity contribution in [2.75, 3.05) is 7.11 Å². The quantitative estimate of drug-likeness (QED) is 0.849. The summed E-state index contributed by atoms with van der Waals surface area (Å²) in [7, 11) is 0.463. The first-order valence-corrected chi connectivity index (χ1v) is 7.96. The molecule has 1 atom stereocenters. The molecule has 0 saturated carbocycles. The van der Waals surface area contributed by atoms with Gasteiger partial charge in [-0.25, -0.2) is 4.98 Å². The molecule has 0 amide bonds. The normalized spacial score (nSPS) is 12.4. The number of oxazole rings is 1. The van der Waals surface area contributed by atoms with Crippen LogP contribution < -0.4 is 4.74 Å². The van der Waals surface area contributed by atoms with Crippen molar-refractivity contribution in [1.29, 1.82) is 0 Å². The molecule has 0 spiro atoms. The van der Waals surface area contributed by atoms with Gasteiger partial charge in [0.25, 0.3) is 0 Å². The number of ether oxygens (including phenoxy) is 1. The maximum Gasteiger partial charge on any atom is 0.207 e. The molecule has 0 N–H and O–H groups in total. The minimum absolute atomic E-state index is 0.289. The number of nitrogens with zero attached hydrogens (tertiary/aromatic N) is 1. The second-order valence-corrected chi connectivity index (χ2v) is 6.30. The lowest BCUT2D eigenvalue weighted by Gasteiger charge is -2.06. The second kappa shape index (κ2) is 6.41. The van der Waals surface area contributed by atoms with Crippen LogP contribution in [0.5, 0.6) is 5.75 Å². The molecule has 108 valence electrons. The van der Waals surface area contributed by atoms with Gasteiger partial charge >= 0.3 is 0 Å². The van der Waals surface area contributed by atoms with E-state index in [1.807, 2.05) is 19.9 Å². The van der Waals surface area contributed by atoms with Crippen LogP contribution in [0.2, 0.25) is 5.02 Å². The molecule has 0 aliphatic heterocycles. The lowest BCUT2D eigenvalue weighted by atomic mass is 10.2. The highest BCUT2D eigenvalue weighted by Gasteiger charge is 2.12. The van der Waals surface area contributed by atoms with Gasteiger partial charge in [-0.05, 0) is 31.5 Å². The SMILES string of the molecule is COc1ccc(C[S@@](=O)Cc2nc(C)c(C)o2)c(Cl)c1. The van der Waals surface area contributed by atoms with Gasteiger partial charge in [-0.1, -0.05) is 17.7 Å². The summed E-state index contributed by atoms with van der Waals surface area (Å²) in [5.41, 5.74) is 1.66. The third-order valence-electron chi connectivity index (χ3n) is 2.93. The van der Waals surface area contributed by atoms with Crippen molar-refractivity contribution in [2.24, 2.45) is 0 Å². The fraction of sp³-hybridized carbons (Fsp3) is 0.357. The van der Waals surface area contributed by atoms with E-state index in [1.54, 1.807) is 19.2 Å². The van der Waals surface area contributed by atoms with Crippen LogP contribution in [-0.2, 0) is 22.3 Å². The zero-order valence-corrected chi connectivity index (χ0v) is 13.2. The van der Waals surface area contributed by atoms with Crippen molar-refractivity contribution in [3.8, 4) is 5.75 Å². The summed E-state index contributed by atoms with van der Waals surface area (Å²) in [6, 6.07) is 5.34. The van der Waals surface area contributed by atoms with E-state index in [0.29, 0.717) is 22.4 Å². The number of benzene rings is 1. The Morgan fingerprint density at radius 1 is 1.35 bits per heavy atom. The number of rotatable bonds is 5. The number of aromatic nitrogens is 1. The third-order valence-corrected chi connectivity index (χ3v) is 4.49. The molecular formula is C14H16ClNO3S. The molecular weight excluding hydrogens is 298 g/mol. The largest absolute Gasteiger partial charge is 0.497 e. The lowest BCUT2D eigenvalue weighted by molar-refractivity contribution is 0.414. The summed E-state index contributed by atoms with van der Waals surface area (Å²) < 4.78 is 22.6. The van der Waals surface area contributed by atoms with Crippen LogP contribution in [0.25, 0.3) is 0 Å². The van der Waals surface area contributed by atoms with Crippen LogP contribution in [0.1, 0.15) is 22.9 Å². The molecule has 1 aromatic carbocycles. The average Bonchev–Trinajstić information content (AvgIpc) is 2.70. The van der Waals surface area contributed by atoms with Crippen LogP contribution in [0, 0.1) is 13.8 Å². The highest BCUT2D eigenvalue weighted by molar-refractivity contribution is 7.83. The maximum atomic E-state index is 12.1. The number of halogens is 1. The molecule has 0 radical (unpaired) electrons. The van der Waals surface area contributed by atoms with Gasteiger partial charge in [0.15, 0.2) is 0 Å². The molecule has 20 heavy (non-hydrogen) atoms. The maximum absolute atomic E-state index is 12.1. The van der Waals surface area contributed by atoms with Gasteiger partial charge in [-0.2, -0.15) is 0 Å². The highest BCUT2D eigenvalue weighted by Crippen LogP contribution is 2.24. The third kappa shape index (κ3) is 3.61. The molecule has 2 aromatic rings. The first-order chi connectivity index (χ1) is 9.49. The average molecular weight is 314 g/mol. The number of hydrogen-bond donors (Lipinski definition) is 0. The molecule has 1 heterocycles. The predicted molar refractivity (Wildman–Crippen MR) is 79.5 cm³/mol. The summed E-state index contributed by atoms with van der Waals surface area (Å²) >= 11 is 6.13. The predicted octanol–water partition coefficient (Wildman–Crippen LogP) is 3.40. The standard InChI is InChI=1S/C14H16ClNO3S/c1-9-10(2)19-14(16-9)8-20(17)7-11-4-5-12(18-3)6-13(11)15/h4-6H,7-8H2,1-3H3/t20-/m1/s1. The van der Waals surface area contributed by atoms with E-state index in [-0.39, 0.29) is 5.75 Å². The summed E-state index contributed by atoms with van der Waals surface area (Å²) in [6.45, 7) is 3.71. The Morgan fingerprint density at radius 3 is 2.65 bits per heavy atom. The Labute approximate surface area is 125 Å². The van der Waals surface area contributed by atoms with Gasteiger partial charge in [-0.3, -0.25) is 4.21 Å². The molecule has 0 aliphatic rings. The summed E-state index contributed by atoms with van der Waals surface area (Å²) in [5, 5.41) is 0.553. The van der Waals surface area contributed by atoms with Crippen molar-refractivity contribution >= 4 is 22.4 Å². The summed E-state index contributed by atoms with van der Waals surface area (Å²) in [6.07, 6.45) is 0. The van der Waals surface area contributed by atoms with E-state index >= 15 is 0 Å². The zero-order valence-electron chi connectivity index (χ0n) is 11.6. The van der Waals surface area contributed by atoms with Crippen molar-refractivity contribution < 1.29 is 13.4 Å². The van der Waals surface area contributed by atoms with E-state index in [2.05, 4.69) is 4.98 Å². The second-order valence-electron chi connectivity index (χ2n) is 4.44. The smallest absolute Gasteiger partial charge is 0.207 e. The minimum Gasteiger partial charge on any atom is -0.497 e.